The van der Waals surface area contributed by atoms with Gasteiger partial charge in [-0.2, -0.15) is 0 Å². The van der Waals surface area contributed by atoms with Gasteiger partial charge >= 0.3 is 6.09 Å². The summed E-state index contributed by atoms with van der Waals surface area (Å²) in [7, 11) is 0. The zero-order valence-corrected chi connectivity index (χ0v) is 12.4. The molecule has 1 aliphatic rings. The number of ether oxygens (including phenoxy) is 1. The normalized spacial score (nSPS) is 18.9. The Bertz CT molecular complexity index is 491. The summed E-state index contributed by atoms with van der Waals surface area (Å²) in [6.07, 6.45) is 3.58. The van der Waals surface area contributed by atoms with E-state index < -0.39 is 5.60 Å². The monoisotopic (exact) mass is 277 g/mol. The lowest BCUT2D eigenvalue weighted by atomic mass is 9.99. The van der Waals surface area contributed by atoms with Crippen LogP contribution in [-0.4, -0.2) is 16.8 Å². The second-order valence-electron chi connectivity index (χ2n) is 6.33. The van der Waals surface area contributed by atoms with Crippen molar-refractivity contribution in [3.8, 4) is 5.75 Å². The Morgan fingerprint density at radius 2 is 2.10 bits per heavy atom. The molecule has 0 radical (unpaired) electrons. The molecule has 110 valence electrons. The summed E-state index contributed by atoms with van der Waals surface area (Å²) in [6, 6.07) is 5.33. The third-order valence-electron chi connectivity index (χ3n) is 3.38. The first-order valence-electron chi connectivity index (χ1n) is 7.16. The smallest absolute Gasteiger partial charge is 0.408 e. The number of rotatable bonds is 1. The molecule has 1 aromatic carbocycles. The van der Waals surface area contributed by atoms with Gasteiger partial charge in [-0.05, 0) is 63.3 Å². The number of alkyl carbamates (subject to hydrolysis) is 1. The Balaban J connectivity index is 2.14. The summed E-state index contributed by atoms with van der Waals surface area (Å²) in [5.41, 5.74) is 1.71. The van der Waals surface area contributed by atoms with Crippen LogP contribution in [0.2, 0.25) is 0 Å². The van der Waals surface area contributed by atoms with Gasteiger partial charge in [0.2, 0.25) is 0 Å². The molecule has 1 amide bonds. The predicted molar refractivity (Wildman–Crippen MR) is 77.8 cm³/mol. The number of benzene rings is 1. The molecule has 0 bridgehead atoms. The van der Waals surface area contributed by atoms with Gasteiger partial charge in [0.05, 0.1) is 6.04 Å². The van der Waals surface area contributed by atoms with E-state index in [1.54, 1.807) is 12.1 Å². The first-order valence-corrected chi connectivity index (χ1v) is 7.16. The van der Waals surface area contributed by atoms with E-state index in [4.69, 9.17) is 4.74 Å². The van der Waals surface area contributed by atoms with Crippen molar-refractivity contribution in [2.75, 3.05) is 0 Å². The van der Waals surface area contributed by atoms with E-state index in [0.29, 0.717) is 0 Å². The molecule has 20 heavy (non-hydrogen) atoms. The number of phenolic OH excluding ortho intramolecular Hbond substituents is 1. The molecular formula is C16H23NO3. The molecule has 0 spiro atoms. The van der Waals surface area contributed by atoms with Crippen LogP contribution in [-0.2, 0) is 11.2 Å². The highest BCUT2D eigenvalue weighted by Crippen LogP contribution is 2.31. The molecule has 0 fully saturated rings. The second kappa shape index (κ2) is 5.73. The molecular weight excluding hydrogens is 254 g/mol. The molecule has 2 rings (SSSR count). The Hall–Kier alpha value is -1.71. The molecule has 0 aliphatic heterocycles. The third-order valence-corrected chi connectivity index (χ3v) is 3.38. The van der Waals surface area contributed by atoms with Crippen molar-refractivity contribution >= 4 is 6.09 Å². The van der Waals surface area contributed by atoms with Crippen molar-refractivity contribution in [2.45, 2.75) is 58.1 Å². The van der Waals surface area contributed by atoms with E-state index in [1.807, 2.05) is 26.8 Å². The SMILES string of the molecule is CC(C)(C)OC(=O)N[C@@H]1CCCCc2cc(O)ccc21. The number of fused-ring (bicyclic) bond motifs is 1. The molecule has 0 aromatic heterocycles. The molecule has 0 unspecified atom stereocenters. The fraction of sp³-hybridized carbons (Fsp3) is 0.562. The summed E-state index contributed by atoms with van der Waals surface area (Å²) in [4.78, 5) is 11.9. The Kier molecular flexibility index (Phi) is 4.21. The number of hydrogen-bond donors (Lipinski definition) is 2. The summed E-state index contributed by atoms with van der Waals surface area (Å²) >= 11 is 0. The van der Waals surface area contributed by atoms with Gasteiger partial charge in [0.1, 0.15) is 11.4 Å². The van der Waals surface area contributed by atoms with E-state index in [9.17, 15) is 9.90 Å². The van der Waals surface area contributed by atoms with E-state index in [-0.39, 0.29) is 17.9 Å². The maximum Gasteiger partial charge on any atom is 0.408 e. The third kappa shape index (κ3) is 3.89. The Morgan fingerprint density at radius 3 is 2.80 bits per heavy atom. The zero-order chi connectivity index (χ0) is 14.8. The number of amides is 1. The molecule has 2 N–H and O–H groups in total. The summed E-state index contributed by atoms with van der Waals surface area (Å²) in [5.74, 6) is 0.279. The van der Waals surface area contributed by atoms with Crippen molar-refractivity contribution < 1.29 is 14.6 Å². The molecule has 0 heterocycles. The lowest BCUT2D eigenvalue weighted by Crippen LogP contribution is -2.35. The number of nitrogens with one attached hydrogen (secondary N) is 1. The number of aryl methyl sites for hydroxylation is 1. The zero-order valence-electron chi connectivity index (χ0n) is 12.4. The molecule has 4 heteroatoms. The van der Waals surface area contributed by atoms with Crippen LogP contribution in [0.15, 0.2) is 18.2 Å². The average Bonchev–Trinajstić information content (AvgIpc) is 2.49. The van der Waals surface area contributed by atoms with Crippen LogP contribution >= 0.6 is 0 Å². The van der Waals surface area contributed by atoms with Gasteiger partial charge in [-0.25, -0.2) is 4.79 Å². The van der Waals surface area contributed by atoms with Crippen LogP contribution in [0.1, 0.15) is 57.2 Å². The molecule has 1 atom stereocenters. The van der Waals surface area contributed by atoms with Crippen LogP contribution in [0.25, 0.3) is 0 Å². The molecule has 1 aromatic rings. The van der Waals surface area contributed by atoms with Crippen molar-refractivity contribution in [1.29, 1.82) is 0 Å². The molecule has 0 saturated carbocycles. The van der Waals surface area contributed by atoms with Gasteiger partial charge in [0.25, 0.3) is 0 Å². The number of aromatic hydroxyl groups is 1. The van der Waals surface area contributed by atoms with Crippen molar-refractivity contribution in [1.82, 2.24) is 5.32 Å². The van der Waals surface area contributed by atoms with E-state index in [1.165, 1.54) is 0 Å². The van der Waals surface area contributed by atoms with Crippen LogP contribution in [0.3, 0.4) is 0 Å². The highest BCUT2D eigenvalue weighted by Gasteiger charge is 2.23. The van der Waals surface area contributed by atoms with Crippen LogP contribution in [0, 0.1) is 0 Å². The topological polar surface area (TPSA) is 58.6 Å². The fourth-order valence-corrected chi connectivity index (χ4v) is 2.57. The van der Waals surface area contributed by atoms with Gasteiger partial charge in [-0.3, -0.25) is 0 Å². The minimum atomic E-state index is -0.493. The molecule has 4 nitrogen and oxygen atoms in total. The summed E-state index contributed by atoms with van der Waals surface area (Å²) < 4.78 is 5.32. The van der Waals surface area contributed by atoms with Crippen LogP contribution < -0.4 is 5.32 Å². The van der Waals surface area contributed by atoms with E-state index >= 15 is 0 Å². The maximum absolute atomic E-state index is 11.9. The van der Waals surface area contributed by atoms with Gasteiger partial charge < -0.3 is 15.2 Å². The minimum Gasteiger partial charge on any atom is -0.508 e. The van der Waals surface area contributed by atoms with Crippen molar-refractivity contribution in [3.63, 3.8) is 0 Å². The maximum atomic E-state index is 11.9. The minimum absolute atomic E-state index is 0.0389. The van der Waals surface area contributed by atoms with E-state index in [0.717, 1.165) is 36.8 Å². The van der Waals surface area contributed by atoms with Crippen molar-refractivity contribution in [3.05, 3.63) is 29.3 Å². The van der Waals surface area contributed by atoms with Gasteiger partial charge in [0, 0.05) is 0 Å². The number of carbonyl (C=O) groups is 1. The van der Waals surface area contributed by atoms with Gasteiger partial charge in [-0.15, -0.1) is 0 Å². The van der Waals surface area contributed by atoms with E-state index in [2.05, 4.69) is 5.32 Å². The average molecular weight is 277 g/mol. The molecule has 1 aliphatic carbocycles. The number of hydrogen-bond acceptors (Lipinski definition) is 3. The number of phenols is 1. The Labute approximate surface area is 120 Å². The number of carbonyl (C=O) groups excluding carboxylic acids is 1. The van der Waals surface area contributed by atoms with Crippen molar-refractivity contribution in [2.24, 2.45) is 0 Å². The molecule has 0 saturated heterocycles. The lowest BCUT2D eigenvalue weighted by Gasteiger charge is -2.24. The first-order chi connectivity index (χ1) is 9.35. The Morgan fingerprint density at radius 1 is 1.35 bits per heavy atom. The largest absolute Gasteiger partial charge is 0.508 e. The van der Waals surface area contributed by atoms with Crippen LogP contribution in [0.5, 0.6) is 5.75 Å². The quantitative estimate of drug-likeness (QED) is 0.770. The predicted octanol–water partition coefficient (Wildman–Crippen LogP) is 3.68. The standard InChI is InChI=1S/C16H23NO3/c1-16(2,3)20-15(19)17-14-7-5-4-6-11-10-12(18)8-9-13(11)14/h8-10,14,18H,4-7H2,1-3H3,(H,17,19)/t14-/m1/s1. The fourth-order valence-electron chi connectivity index (χ4n) is 2.57. The van der Waals surface area contributed by atoms with Gasteiger partial charge in [-0.1, -0.05) is 12.5 Å². The highest BCUT2D eigenvalue weighted by molar-refractivity contribution is 5.68. The second-order valence-corrected chi connectivity index (χ2v) is 6.33. The van der Waals surface area contributed by atoms with Gasteiger partial charge in [0.15, 0.2) is 0 Å². The summed E-state index contributed by atoms with van der Waals surface area (Å²) in [5, 5.41) is 12.5. The first kappa shape index (κ1) is 14.7. The highest BCUT2D eigenvalue weighted by atomic mass is 16.6. The lowest BCUT2D eigenvalue weighted by molar-refractivity contribution is 0.0501. The van der Waals surface area contributed by atoms with Crippen LogP contribution in [0.4, 0.5) is 4.79 Å². The summed E-state index contributed by atoms with van der Waals surface area (Å²) in [6.45, 7) is 5.56.